The number of hydrogen-bond donors (Lipinski definition) is 1. The van der Waals surface area contributed by atoms with Gasteiger partial charge in [0.2, 0.25) is 0 Å². The monoisotopic (exact) mass is 273 g/mol. The first-order valence-electron chi connectivity index (χ1n) is 7.20. The van der Waals surface area contributed by atoms with Crippen LogP contribution in [0, 0.1) is 0 Å². The van der Waals surface area contributed by atoms with Crippen LogP contribution >= 0.6 is 0 Å². The summed E-state index contributed by atoms with van der Waals surface area (Å²) in [5, 5.41) is 3.55. The standard InChI is InChI=1S/C17H23NO2/c1-3-18-15(9-10-16-8-5-11-20-16)12-14-6-4-7-17(13-14)19-2/h4-8,11,13,15,18H,3,9-10,12H2,1-2H3. The summed E-state index contributed by atoms with van der Waals surface area (Å²) in [6.07, 6.45) is 4.78. The van der Waals surface area contributed by atoms with E-state index in [1.54, 1.807) is 13.4 Å². The molecule has 1 aromatic heterocycles. The highest BCUT2D eigenvalue weighted by Crippen LogP contribution is 2.16. The number of methoxy groups -OCH3 is 1. The molecule has 0 aliphatic heterocycles. The maximum absolute atomic E-state index is 5.40. The molecule has 0 spiro atoms. The highest BCUT2D eigenvalue weighted by molar-refractivity contribution is 5.29. The second-order valence-corrected chi connectivity index (χ2v) is 4.93. The van der Waals surface area contributed by atoms with Crippen molar-refractivity contribution in [3.63, 3.8) is 0 Å². The van der Waals surface area contributed by atoms with E-state index in [1.807, 2.05) is 24.3 Å². The molecule has 0 amide bonds. The van der Waals surface area contributed by atoms with Crippen LogP contribution in [0.3, 0.4) is 0 Å². The van der Waals surface area contributed by atoms with Gasteiger partial charge in [-0.2, -0.15) is 0 Å². The summed E-state index contributed by atoms with van der Waals surface area (Å²) < 4.78 is 10.7. The first-order valence-corrected chi connectivity index (χ1v) is 7.20. The molecular formula is C17H23NO2. The van der Waals surface area contributed by atoms with E-state index < -0.39 is 0 Å². The highest BCUT2D eigenvalue weighted by atomic mass is 16.5. The Morgan fingerprint density at radius 1 is 1.25 bits per heavy atom. The lowest BCUT2D eigenvalue weighted by molar-refractivity contribution is 0.413. The summed E-state index contributed by atoms with van der Waals surface area (Å²) >= 11 is 0. The maximum atomic E-state index is 5.40. The number of rotatable bonds is 8. The van der Waals surface area contributed by atoms with Crippen molar-refractivity contribution in [3.05, 3.63) is 54.0 Å². The molecule has 1 aromatic carbocycles. The number of nitrogens with one attached hydrogen (secondary N) is 1. The van der Waals surface area contributed by atoms with E-state index in [9.17, 15) is 0 Å². The Kier molecular flexibility index (Phi) is 5.69. The van der Waals surface area contributed by atoms with Crippen LogP contribution in [0.1, 0.15) is 24.7 Å². The van der Waals surface area contributed by atoms with Gasteiger partial charge in [-0.25, -0.2) is 0 Å². The fraction of sp³-hybridized carbons (Fsp3) is 0.412. The van der Waals surface area contributed by atoms with E-state index in [4.69, 9.17) is 9.15 Å². The van der Waals surface area contributed by atoms with Gasteiger partial charge >= 0.3 is 0 Å². The first kappa shape index (κ1) is 14.7. The summed E-state index contributed by atoms with van der Waals surface area (Å²) in [6.45, 7) is 3.12. The van der Waals surface area contributed by atoms with Crippen LogP contribution < -0.4 is 10.1 Å². The van der Waals surface area contributed by atoms with Crippen LogP contribution in [0.4, 0.5) is 0 Å². The summed E-state index contributed by atoms with van der Waals surface area (Å²) in [6, 6.07) is 12.7. The van der Waals surface area contributed by atoms with Gasteiger partial charge in [-0.3, -0.25) is 0 Å². The largest absolute Gasteiger partial charge is 0.497 e. The zero-order valence-corrected chi connectivity index (χ0v) is 12.3. The molecule has 0 saturated heterocycles. The van der Waals surface area contributed by atoms with Crippen molar-refractivity contribution in [3.8, 4) is 5.75 Å². The van der Waals surface area contributed by atoms with Crippen molar-refractivity contribution in [1.29, 1.82) is 0 Å². The molecule has 0 aliphatic carbocycles. The quantitative estimate of drug-likeness (QED) is 0.800. The van der Waals surface area contributed by atoms with E-state index in [0.29, 0.717) is 6.04 Å². The van der Waals surface area contributed by atoms with Gasteiger partial charge in [0, 0.05) is 12.5 Å². The third-order valence-electron chi connectivity index (χ3n) is 3.43. The number of ether oxygens (including phenoxy) is 1. The second-order valence-electron chi connectivity index (χ2n) is 4.93. The minimum atomic E-state index is 0.456. The predicted molar refractivity (Wildman–Crippen MR) is 81.2 cm³/mol. The van der Waals surface area contributed by atoms with Crippen molar-refractivity contribution in [2.24, 2.45) is 0 Å². The molecule has 1 atom stereocenters. The van der Waals surface area contributed by atoms with Gasteiger partial charge in [0.25, 0.3) is 0 Å². The Hall–Kier alpha value is -1.74. The zero-order chi connectivity index (χ0) is 14.2. The van der Waals surface area contributed by atoms with E-state index in [1.165, 1.54) is 5.56 Å². The molecule has 3 nitrogen and oxygen atoms in total. The molecule has 0 bridgehead atoms. The maximum Gasteiger partial charge on any atom is 0.119 e. The number of benzene rings is 1. The summed E-state index contributed by atoms with van der Waals surface area (Å²) in [4.78, 5) is 0. The SMILES string of the molecule is CCNC(CCc1ccco1)Cc1cccc(OC)c1. The Morgan fingerprint density at radius 2 is 2.15 bits per heavy atom. The van der Waals surface area contributed by atoms with Crippen molar-refractivity contribution >= 4 is 0 Å². The third-order valence-corrected chi connectivity index (χ3v) is 3.43. The first-order chi connectivity index (χ1) is 9.81. The molecule has 1 N–H and O–H groups in total. The zero-order valence-electron chi connectivity index (χ0n) is 12.3. The smallest absolute Gasteiger partial charge is 0.119 e. The molecule has 2 aromatic rings. The Morgan fingerprint density at radius 3 is 2.85 bits per heavy atom. The summed E-state index contributed by atoms with van der Waals surface area (Å²) in [5.41, 5.74) is 1.30. The molecule has 1 unspecified atom stereocenters. The Balaban J connectivity index is 1.93. The van der Waals surface area contributed by atoms with E-state index >= 15 is 0 Å². The second kappa shape index (κ2) is 7.75. The lowest BCUT2D eigenvalue weighted by Gasteiger charge is -2.17. The normalized spacial score (nSPS) is 12.3. The molecule has 0 radical (unpaired) electrons. The lowest BCUT2D eigenvalue weighted by atomic mass is 10.0. The molecule has 20 heavy (non-hydrogen) atoms. The number of likely N-dealkylation sites (N-methyl/N-ethyl adjacent to an activating group) is 1. The van der Waals surface area contributed by atoms with E-state index in [0.717, 1.165) is 37.3 Å². The molecule has 108 valence electrons. The number of furan rings is 1. The van der Waals surface area contributed by atoms with Crippen molar-refractivity contribution < 1.29 is 9.15 Å². The fourth-order valence-corrected chi connectivity index (χ4v) is 2.42. The minimum absolute atomic E-state index is 0.456. The third kappa shape index (κ3) is 4.42. The summed E-state index contributed by atoms with van der Waals surface area (Å²) in [7, 11) is 1.71. The lowest BCUT2D eigenvalue weighted by Crippen LogP contribution is -2.31. The van der Waals surface area contributed by atoms with E-state index in [2.05, 4.69) is 24.4 Å². The minimum Gasteiger partial charge on any atom is -0.497 e. The van der Waals surface area contributed by atoms with Gasteiger partial charge < -0.3 is 14.5 Å². The van der Waals surface area contributed by atoms with Gasteiger partial charge in [-0.1, -0.05) is 19.1 Å². The molecule has 3 heteroatoms. The Labute approximate surface area is 121 Å². The topological polar surface area (TPSA) is 34.4 Å². The van der Waals surface area contributed by atoms with Crippen LogP contribution in [0.5, 0.6) is 5.75 Å². The molecule has 1 heterocycles. The van der Waals surface area contributed by atoms with Crippen LogP contribution in [0.2, 0.25) is 0 Å². The van der Waals surface area contributed by atoms with Gasteiger partial charge in [0.1, 0.15) is 11.5 Å². The van der Waals surface area contributed by atoms with Gasteiger partial charge in [0.15, 0.2) is 0 Å². The van der Waals surface area contributed by atoms with E-state index in [-0.39, 0.29) is 0 Å². The molecule has 0 saturated carbocycles. The molecular weight excluding hydrogens is 250 g/mol. The average Bonchev–Trinajstić information content (AvgIpc) is 2.98. The fourth-order valence-electron chi connectivity index (χ4n) is 2.42. The van der Waals surface area contributed by atoms with Crippen molar-refractivity contribution in [2.45, 2.75) is 32.2 Å². The average molecular weight is 273 g/mol. The van der Waals surface area contributed by atoms with Crippen LogP contribution in [0.25, 0.3) is 0 Å². The van der Waals surface area contributed by atoms with Crippen LogP contribution in [-0.2, 0) is 12.8 Å². The van der Waals surface area contributed by atoms with Gasteiger partial charge in [0.05, 0.1) is 13.4 Å². The highest BCUT2D eigenvalue weighted by Gasteiger charge is 2.10. The van der Waals surface area contributed by atoms with Crippen molar-refractivity contribution in [2.75, 3.05) is 13.7 Å². The van der Waals surface area contributed by atoms with Gasteiger partial charge in [-0.05, 0) is 49.2 Å². The molecule has 0 fully saturated rings. The number of hydrogen-bond acceptors (Lipinski definition) is 3. The summed E-state index contributed by atoms with van der Waals surface area (Å²) in [5.74, 6) is 1.97. The predicted octanol–water partition coefficient (Wildman–Crippen LogP) is 3.44. The Bertz CT molecular complexity index is 493. The van der Waals surface area contributed by atoms with Crippen LogP contribution in [0.15, 0.2) is 47.1 Å². The van der Waals surface area contributed by atoms with Gasteiger partial charge in [-0.15, -0.1) is 0 Å². The van der Waals surface area contributed by atoms with Crippen molar-refractivity contribution in [1.82, 2.24) is 5.32 Å². The number of aryl methyl sites for hydroxylation is 1. The van der Waals surface area contributed by atoms with Crippen LogP contribution in [-0.4, -0.2) is 19.7 Å². The molecule has 2 rings (SSSR count). The molecule has 0 aliphatic rings.